The van der Waals surface area contributed by atoms with Crippen LogP contribution in [0.3, 0.4) is 0 Å². The van der Waals surface area contributed by atoms with Gasteiger partial charge in [0, 0.05) is 0 Å². The Morgan fingerprint density at radius 3 is 1.93 bits per heavy atom. The molecule has 0 saturated carbocycles. The third-order valence-corrected chi connectivity index (χ3v) is 1.75. The number of rotatable bonds is 0. The van der Waals surface area contributed by atoms with Gasteiger partial charge in [-0.25, -0.2) is 0 Å². The lowest BCUT2D eigenvalue weighted by Crippen LogP contribution is -2.40. The van der Waals surface area contributed by atoms with Crippen LogP contribution in [0.15, 0.2) is 0 Å². The predicted molar refractivity (Wildman–Crippen MR) is 43.5 cm³/mol. The molecule has 0 aliphatic carbocycles. The first-order valence-corrected chi connectivity index (χ1v) is 4.16. The molecule has 1 heterocycles. The van der Waals surface area contributed by atoms with E-state index < -0.39 is 17.4 Å². The Hall–Kier alpha value is -1.07. The molecule has 1 rings (SSSR count). The van der Waals surface area contributed by atoms with Gasteiger partial charge in [0.05, 0.1) is 5.41 Å². The monoisotopic (exact) mass is 208 g/mol. The van der Waals surface area contributed by atoms with Crippen molar-refractivity contribution in [3.63, 3.8) is 0 Å². The maximum Gasteiger partial charge on any atom is 0.478 e. The van der Waals surface area contributed by atoms with Gasteiger partial charge in [-0.05, 0) is 25.8 Å². The quantitative estimate of drug-likeness (QED) is 0.644. The van der Waals surface area contributed by atoms with E-state index in [1.165, 1.54) is 11.7 Å². The van der Waals surface area contributed by atoms with Crippen LogP contribution in [0.1, 0.15) is 32.4 Å². The van der Waals surface area contributed by atoms with E-state index in [0.29, 0.717) is 5.82 Å². The van der Waals surface area contributed by atoms with Crippen molar-refractivity contribution in [3.05, 3.63) is 11.6 Å². The number of aromatic amines is 1. The molecular formula is C8H13F3N3+. The van der Waals surface area contributed by atoms with Gasteiger partial charge < -0.3 is 0 Å². The van der Waals surface area contributed by atoms with Gasteiger partial charge in [-0.2, -0.15) is 23.0 Å². The number of hydrogen-bond acceptors (Lipinski definition) is 1. The zero-order chi connectivity index (χ0) is 11.1. The topological polar surface area (TPSA) is 32.6 Å². The normalized spacial score (nSPS) is 13.4. The van der Waals surface area contributed by atoms with E-state index in [2.05, 4.69) is 10.1 Å². The second-order valence-corrected chi connectivity index (χ2v) is 4.20. The van der Waals surface area contributed by atoms with Crippen molar-refractivity contribution in [2.75, 3.05) is 0 Å². The average molecular weight is 208 g/mol. The minimum absolute atomic E-state index is 0.379. The number of nitrogens with one attached hydrogen (secondary N) is 1. The summed E-state index contributed by atoms with van der Waals surface area (Å²) in [5.74, 6) is -0.574. The molecule has 0 aliphatic heterocycles. The van der Waals surface area contributed by atoms with Crippen LogP contribution in [0.25, 0.3) is 0 Å². The fourth-order valence-corrected chi connectivity index (χ4v) is 1.22. The Bertz CT molecular complexity index is 333. The Morgan fingerprint density at radius 1 is 1.21 bits per heavy atom. The van der Waals surface area contributed by atoms with Crippen LogP contribution in [-0.2, 0) is 18.6 Å². The van der Waals surface area contributed by atoms with Gasteiger partial charge >= 0.3 is 17.8 Å². The third-order valence-electron chi connectivity index (χ3n) is 1.75. The van der Waals surface area contributed by atoms with Gasteiger partial charge in [0.2, 0.25) is 0 Å². The molecule has 0 aromatic carbocycles. The minimum atomic E-state index is -4.42. The maximum absolute atomic E-state index is 12.3. The van der Waals surface area contributed by atoms with Gasteiger partial charge in [0.15, 0.2) is 0 Å². The van der Waals surface area contributed by atoms with E-state index in [1.807, 2.05) is 20.8 Å². The predicted octanol–water partition coefficient (Wildman–Crippen LogP) is 1.55. The zero-order valence-electron chi connectivity index (χ0n) is 8.53. The summed E-state index contributed by atoms with van der Waals surface area (Å²) in [4.78, 5) is 3.53. The minimum Gasteiger partial charge on any atom is -0.183 e. The van der Waals surface area contributed by atoms with Gasteiger partial charge in [-0.1, -0.05) is 0 Å². The van der Waals surface area contributed by atoms with Gasteiger partial charge in [-0.3, -0.25) is 0 Å². The van der Waals surface area contributed by atoms with Crippen molar-refractivity contribution in [2.24, 2.45) is 7.05 Å². The Morgan fingerprint density at radius 2 is 1.71 bits per heavy atom. The molecule has 6 heteroatoms. The van der Waals surface area contributed by atoms with Crippen molar-refractivity contribution >= 4 is 0 Å². The van der Waals surface area contributed by atoms with Crippen molar-refractivity contribution in [1.29, 1.82) is 0 Å². The molecule has 14 heavy (non-hydrogen) atoms. The molecule has 1 aromatic rings. The van der Waals surface area contributed by atoms with Crippen LogP contribution in [0.5, 0.6) is 0 Å². The lowest BCUT2D eigenvalue weighted by atomic mass is 9.96. The Labute approximate surface area is 79.9 Å². The van der Waals surface area contributed by atoms with Crippen molar-refractivity contribution in [3.8, 4) is 0 Å². The molecule has 0 spiro atoms. The SMILES string of the molecule is C[n+]1[nH]c(C(F)(F)F)nc1C(C)(C)C. The molecule has 0 atom stereocenters. The van der Waals surface area contributed by atoms with Crippen LogP contribution in [0, 0.1) is 0 Å². The van der Waals surface area contributed by atoms with Gasteiger partial charge in [0.25, 0.3) is 0 Å². The highest BCUT2D eigenvalue weighted by molar-refractivity contribution is 4.98. The number of hydrogen-bond donors (Lipinski definition) is 1. The molecule has 0 radical (unpaired) electrons. The lowest BCUT2D eigenvalue weighted by Gasteiger charge is -2.08. The number of aryl methyl sites for hydroxylation is 1. The number of nitrogens with zero attached hydrogens (tertiary/aromatic N) is 2. The molecule has 1 N–H and O–H groups in total. The molecule has 0 saturated heterocycles. The number of halogens is 3. The Balaban J connectivity index is 3.19. The molecule has 80 valence electrons. The molecule has 0 aliphatic rings. The standard InChI is InChI=1S/C8H12F3N3/c1-7(2,3)6-12-5(8(9,10)11)13-14(6)4/h1-4H3/p+1. The zero-order valence-corrected chi connectivity index (χ0v) is 8.53. The first-order chi connectivity index (χ1) is 6.12. The van der Waals surface area contributed by atoms with Gasteiger partial charge in [0.1, 0.15) is 7.05 Å². The summed E-state index contributed by atoms with van der Waals surface area (Å²) in [6, 6.07) is 0. The van der Waals surface area contributed by atoms with E-state index in [9.17, 15) is 13.2 Å². The molecular weight excluding hydrogens is 195 g/mol. The van der Waals surface area contributed by atoms with Crippen LogP contribution in [-0.4, -0.2) is 10.1 Å². The van der Waals surface area contributed by atoms with Crippen LogP contribution in [0.4, 0.5) is 13.2 Å². The molecule has 0 fully saturated rings. The van der Waals surface area contributed by atoms with E-state index in [0.717, 1.165) is 0 Å². The van der Waals surface area contributed by atoms with Crippen LogP contribution < -0.4 is 4.68 Å². The Kier molecular flexibility index (Phi) is 2.33. The van der Waals surface area contributed by atoms with E-state index in [-0.39, 0.29) is 0 Å². The maximum atomic E-state index is 12.3. The molecule has 3 nitrogen and oxygen atoms in total. The fourth-order valence-electron chi connectivity index (χ4n) is 1.22. The highest BCUT2D eigenvalue weighted by atomic mass is 19.4. The summed E-state index contributed by atoms with van der Waals surface area (Å²) in [7, 11) is 1.52. The van der Waals surface area contributed by atoms with Crippen molar-refractivity contribution < 1.29 is 17.9 Å². The highest BCUT2D eigenvalue weighted by Gasteiger charge is 2.43. The largest absolute Gasteiger partial charge is 0.478 e. The fraction of sp³-hybridized carbons (Fsp3) is 0.750. The van der Waals surface area contributed by atoms with Crippen LogP contribution in [0.2, 0.25) is 0 Å². The number of aromatic nitrogens is 3. The summed E-state index contributed by atoms with van der Waals surface area (Å²) in [6.45, 7) is 5.43. The lowest BCUT2D eigenvalue weighted by molar-refractivity contribution is -0.738. The number of alkyl halides is 3. The van der Waals surface area contributed by atoms with E-state index >= 15 is 0 Å². The van der Waals surface area contributed by atoms with Crippen molar-refractivity contribution in [2.45, 2.75) is 32.4 Å². The summed E-state index contributed by atoms with van der Waals surface area (Å²) in [5.41, 5.74) is -0.408. The van der Waals surface area contributed by atoms with E-state index in [4.69, 9.17) is 0 Å². The summed E-state index contributed by atoms with van der Waals surface area (Å²) in [5, 5.41) is 2.17. The summed E-state index contributed by atoms with van der Waals surface area (Å²) >= 11 is 0. The third kappa shape index (κ3) is 2.05. The molecule has 1 aromatic heterocycles. The molecule has 0 amide bonds. The average Bonchev–Trinajstić information content (AvgIpc) is 2.27. The second kappa shape index (κ2) is 2.96. The first-order valence-electron chi connectivity index (χ1n) is 4.16. The summed E-state index contributed by atoms with van der Waals surface area (Å²) < 4.78 is 38.1. The smallest absolute Gasteiger partial charge is 0.183 e. The number of H-pyrrole nitrogens is 1. The molecule has 0 unspecified atom stereocenters. The highest BCUT2D eigenvalue weighted by Crippen LogP contribution is 2.27. The second-order valence-electron chi connectivity index (χ2n) is 4.20. The van der Waals surface area contributed by atoms with Gasteiger partial charge in [-0.15, -0.1) is 0 Å². The van der Waals surface area contributed by atoms with Crippen molar-refractivity contribution in [1.82, 2.24) is 10.1 Å². The van der Waals surface area contributed by atoms with E-state index in [1.54, 1.807) is 0 Å². The van der Waals surface area contributed by atoms with Crippen LogP contribution >= 0.6 is 0 Å². The molecule has 0 bridgehead atoms. The summed E-state index contributed by atoms with van der Waals surface area (Å²) in [6.07, 6.45) is -4.42. The first kappa shape index (κ1) is 11.0.